The molecule has 1 heterocycles. The Labute approximate surface area is 179 Å². The number of phenols is 1. The molecule has 4 heteroatoms. The highest BCUT2D eigenvalue weighted by Gasteiger charge is 2.04. The van der Waals surface area contributed by atoms with Crippen LogP contribution in [-0.4, -0.2) is 27.8 Å². The maximum Gasteiger partial charge on any atom is 0.115 e. The van der Waals surface area contributed by atoms with Crippen molar-refractivity contribution in [3.8, 4) is 17.0 Å². The molecule has 0 amide bonds. The third kappa shape index (κ3) is 6.67. The molecular weight excluding hydrogens is 372 g/mol. The minimum absolute atomic E-state index is 0.248. The van der Waals surface area contributed by atoms with Crippen LogP contribution < -0.4 is 0 Å². The summed E-state index contributed by atoms with van der Waals surface area (Å²) in [6, 6.07) is 13.2. The van der Waals surface area contributed by atoms with Crippen LogP contribution >= 0.6 is 0 Å². The van der Waals surface area contributed by atoms with Crippen LogP contribution in [-0.2, 0) is 4.74 Å². The third-order valence-electron chi connectivity index (χ3n) is 5.17. The Morgan fingerprint density at radius 1 is 1.03 bits per heavy atom. The predicted molar refractivity (Wildman–Crippen MR) is 124 cm³/mol. The summed E-state index contributed by atoms with van der Waals surface area (Å²) in [5.41, 5.74) is 4.63. The van der Waals surface area contributed by atoms with Gasteiger partial charge in [-0.2, -0.15) is 0 Å². The van der Waals surface area contributed by atoms with Gasteiger partial charge in [-0.3, -0.25) is 4.98 Å². The fraction of sp³-hybridized carbons (Fsp3) is 0.385. The first-order chi connectivity index (χ1) is 14.7. The SMILES string of the molecule is CCCCCOC(C)CCC/C=C/c1ccc2nc(-c3ccc(O)cc3)cnc2c1. The Kier molecular flexibility index (Phi) is 8.40. The number of aromatic nitrogens is 2. The van der Waals surface area contributed by atoms with Gasteiger partial charge in [0.1, 0.15) is 5.75 Å². The Hall–Kier alpha value is -2.72. The molecule has 0 spiro atoms. The second kappa shape index (κ2) is 11.5. The van der Waals surface area contributed by atoms with Crippen LogP contribution in [0.5, 0.6) is 5.75 Å². The Morgan fingerprint density at radius 2 is 1.87 bits per heavy atom. The van der Waals surface area contributed by atoms with E-state index < -0.39 is 0 Å². The molecule has 3 aromatic rings. The molecule has 1 N–H and O–H groups in total. The average molecular weight is 405 g/mol. The van der Waals surface area contributed by atoms with Crippen molar-refractivity contribution < 1.29 is 9.84 Å². The van der Waals surface area contributed by atoms with Gasteiger partial charge in [0.2, 0.25) is 0 Å². The van der Waals surface area contributed by atoms with E-state index in [4.69, 9.17) is 9.72 Å². The van der Waals surface area contributed by atoms with Gasteiger partial charge in [0.05, 0.1) is 29.0 Å². The first-order valence-corrected chi connectivity index (χ1v) is 11.0. The zero-order valence-electron chi connectivity index (χ0n) is 18.1. The van der Waals surface area contributed by atoms with Crippen LogP contribution in [0.4, 0.5) is 0 Å². The number of phenolic OH excluding ortho intramolecular Hbond substituents is 1. The van der Waals surface area contributed by atoms with Crippen molar-refractivity contribution in [3.05, 3.63) is 60.3 Å². The summed E-state index contributed by atoms with van der Waals surface area (Å²) in [5, 5.41) is 9.44. The van der Waals surface area contributed by atoms with E-state index in [1.807, 2.05) is 18.2 Å². The number of aromatic hydroxyl groups is 1. The van der Waals surface area contributed by atoms with Crippen molar-refractivity contribution in [2.75, 3.05) is 6.61 Å². The van der Waals surface area contributed by atoms with E-state index in [2.05, 4.69) is 43.1 Å². The van der Waals surface area contributed by atoms with Crippen molar-refractivity contribution in [1.29, 1.82) is 0 Å². The van der Waals surface area contributed by atoms with E-state index >= 15 is 0 Å². The lowest BCUT2D eigenvalue weighted by molar-refractivity contribution is 0.0566. The fourth-order valence-corrected chi connectivity index (χ4v) is 3.37. The fourth-order valence-electron chi connectivity index (χ4n) is 3.37. The molecule has 0 aliphatic heterocycles. The van der Waals surface area contributed by atoms with Crippen LogP contribution in [0.1, 0.15) is 57.9 Å². The minimum Gasteiger partial charge on any atom is -0.508 e. The standard InChI is InChI=1S/C26H32N2O2/c1-3-4-8-17-30-20(2)9-6-5-7-10-21-11-16-24-25(18-21)27-19-26(28-24)22-12-14-23(29)15-13-22/h7,10-16,18-20,29H,3-6,8-9,17H2,1-2H3/b10-7+. The average Bonchev–Trinajstić information content (AvgIpc) is 2.76. The van der Waals surface area contributed by atoms with Gasteiger partial charge in [0, 0.05) is 12.2 Å². The Bertz CT molecular complexity index is 951. The van der Waals surface area contributed by atoms with Gasteiger partial charge in [-0.1, -0.05) is 38.0 Å². The summed E-state index contributed by atoms with van der Waals surface area (Å²) < 4.78 is 5.85. The molecule has 1 aromatic heterocycles. The second-order valence-electron chi connectivity index (χ2n) is 7.77. The second-order valence-corrected chi connectivity index (χ2v) is 7.77. The minimum atomic E-state index is 0.248. The number of hydrogen-bond acceptors (Lipinski definition) is 4. The Balaban J connectivity index is 1.50. The van der Waals surface area contributed by atoms with Crippen LogP contribution in [0.25, 0.3) is 28.4 Å². The molecule has 4 nitrogen and oxygen atoms in total. The van der Waals surface area contributed by atoms with Crippen LogP contribution in [0.15, 0.2) is 54.7 Å². The smallest absolute Gasteiger partial charge is 0.115 e. The lowest BCUT2D eigenvalue weighted by atomic mass is 10.1. The highest BCUT2D eigenvalue weighted by molar-refractivity contribution is 5.79. The lowest BCUT2D eigenvalue weighted by Crippen LogP contribution is -2.08. The van der Waals surface area contributed by atoms with Crippen LogP contribution in [0.2, 0.25) is 0 Å². The first kappa shape index (κ1) is 22.0. The summed E-state index contributed by atoms with van der Waals surface area (Å²) in [6.45, 7) is 5.27. The Morgan fingerprint density at radius 3 is 2.67 bits per heavy atom. The molecule has 0 radical (unpaired) electrons. The molecular formula is C26H32N2O2. The van der Waals surface area contributed by atoms with Crippen molar-refractivity contribution >= 4 is 17.1 Å². The molecule has 3 rings (SSSR count). The molecule has 0 bridgehead atoms. The first-order valence-electron chi connectivity index (χ1n) is 11.0. The summed E-state index contributed by atoms with van der Waals surface area (Å²) in [4.78, 5) is 9.27. The summed E-state index contributed by atoms with van der Waals surface area (Å²) in [6.07, 6.45) is 13.4. The summed E-state index contributed by atoms with van der Waals surface area (Å²) in [5.74, 6) is 0.248. The zero-order valence-corrected chi connectivity index (χ0v) is 18.1. The number of allylic oxidation sites excluding steroid dienone is 1. The van der Waals surface area contributed by atoms with Gasteiger partial charge in [0.25, 0.3) is 0 Å². The topological polar surface area (TPSA) is 55.2 Å². The van der Waals surface area contributed by atoms with E-state index in [0.29, 0.717) is 6.10 Å². The van der Waals surface area contributed by atoms with Gasteiger partial charge in [-0.05, 0) is 74.6 Å². The summed E-state index contributed by atoms with van der Waals surface area (Å²) >= 11 is 0. The molecule has 0 aliphatic rings. The highest BCUT2D eigenvalue weighted by atomic mass is 16.5. The number of ether oxygens (including phenoxy) is 1. The molecule has 0 saturated heterocycles. The zero-order chi connectivity index (χ0) is 21.2. The molecule has 2 aromatic carbocycles. The molecule has 1 atom stereocenters. The molecule has 30 heavy (non-hydrogen) atoms. The maximum atomic E-state index is 9.44. The van der Waals surface area contributed by atoms with E-state index in [-0.39, 0.29) is 5.75 Å². The number of fused-ring (bicyclic) bond motifs is 1. The molecule has 0 aliphatic carbocycles. The van der Waals surface area contributed by atoms with Crippen molar-refractivity contribution in [2.24, 2.45) is 0 Å². The number of unbranched alkanes of at least 4 members (excludes halogenated alkanes) is 3. The van der Waals surface area contributed by atoms with E-state index in [9.17, 15) is 5.11 Å². The normalized spacial score (nSPS) is 12.6. The highest BCUT2D eigenvalue weighted by Crippen LogP contribution is 2.22. The third-order valence-corrected chi connectivity index (χ3v) is 5.17. The van der Waals surface area contributed by atoms with E-state index in [1.165, 1.54) is 19.3 Å². The molecule has 0 saturated carbocycles. The predicted octanol–water partition coefficient (Wildman–Crippen LogP) is 6.78. The van der Waals surface area contributed by atoms with Gasteiger partial charge >= 0.3 is 0 Å². The summed E-state index contributed by atoms with van der Waals surface area (Å²) in [7, 11) is 0. The largest absolute Gasteiger partial charge is 0.508 e. The lowest BCUT2D eigenvalue weighted by Gasteiger charge is -2.12. The van der Waals surface area contributed by atoms with Gasteiger partial charge in [0.15, 0.2) is 0 Å². The van der Waals surface area contributed by atoms with E-state index in [1.54, 1.807) is 18.3 Å². The maximum absolute atomic E-state index is 9.44. The monoisotopic (exact) mass is 404 g/mol. The van der Waals surface area contributed by atoms with Gasteiger partial charge < -0.3 is 9.84 Å². The van der Waals surface area contributed by atoms with Crippen LogP contribution in [0.3, 0.4) is 0 Å². The molecule has 1 unspecified atom stereocenters. The van der Waals surface area contributed by atoms with Crippen LogP contribution in [0, 0.1) is 0 Å². The quantitative estimate of drug-likeness (QED) is 0.358. The van der Waals surface area contributed by atoms with Gasteiger partial charge in [-0.15, -0.1) is 0 Å². The number of benzene rings is 2. The van der Waals surface area contributed by atoms with Gasteiger partial charge in [-0.25, -0.2) is 4.98 Å². The van der Waals surface area contributed by atoms with E-state index in [0.717, 1.165) is 53.7 Å². The van der Waals surface area contributed by atoms with Crippen molar-refractivity contribution in [2.45, 2.75) is 58.5 Å². The van der Waals surface area contributed by atoms with Crippen molar-refractivity contribution in [3.63, 3.8) is 0 Å². The molecule has 0 fully saturated rings. The molecule has 158 valence electrons. The number of hydrogen-bond donors (Lipinski definition) is 1. The number of rotatable bonds is 11. The number of nitrogens with zero attached hydrogens (tertiary/aromatic N) is 2. The van der Waals surface area contributed by atoms with Crippen molar-refractivity contribution in [1.82, 2.24) is 9.97 Å².